The smallest absolute Gasteiger partial charge is 0.264 e. The van der Waals surface area contributed by atoms with E-state index in [4.69, 9.17) is 26.8 Å². The molecule has 3 fully saturated rings. The normalized spacial score (nSPS) is 31.2. The highest BCUT2D eigenvalue weighted by molar-refractivity contribution is 6.31. The standard InChI is InChI=1S/C19H24ClN3O5/c1-23-12-6-11(20)7-13(17(12)28-10-16(23)26)27-9-15(25)22-18-2-4-19(21,5-3-18)14(24)8-18/h6-7,14,24H,2-5,8-10,21H2,1H3,(H,22,25). The molecule has 3 aliphatic carbocycles. The lowest BCUT2D eigenvalue weighted by Crippen LogP contribution is -2.68. The lowest BCUT2D eigenvalue weighted by molar-refractivity contribution is -0.129. The molecule has 5 rings (SSSR count). The molecule has 4 aliphatic rings. The number of aliphatic hydroxyl groups is 1. The molecule has 3 saturated carbocycles. The highest BCUT2D eigenvalue weighted by atomic mass is 35.5. The number of carbonyl (C=O) groups is 2. The number of rotatable bonds is 4. The number of likely N-dealkylation sites (N-methyl/N-ethyl adjacent to an activating group) is 1. The summed E-state index contributed by atoms with van der Waals surface area (Å²) in [5.74, 6) is 0.216. The molecule has 8 nitrogen and oxygen atoms in total. The molecule has 2 amide bonds. The minimum absolute atomic E-state index is 0.102. The van der Waals surface area contributed by atoms with Gasteiger partial charge in [0, 0.05) is 29.2 Å². The number of hydrogen-bond acceptors (Lipinski definition) is 6. The van der Waals surface area contributed by atoms with Crippen molar-refractivity contribution in [1.29, 1.82) is 0 Å². The predicted octanol–water partition coefficient (Wildman–Crippen LogP) is 0.965. The van der Waals surface area contributed by atoms with Gasteiger partial charge in [-0.25, -0.2) is 0 Å². The average molecular weight is 410 g/mol. The van der Waals surface area contributed by atoms with Crippen LogP contribution in [0, 0.1) is 0 Å². The molecule has 1 heterocycles. The molecule has 0 aromatic heterocycles. The lowest BCUT2D eigenvalue weighted by Gasteiger charge is -2.54. The molecule has 28 heavy (non-hydrogen) atoms. The van der Waals surface area contributed by atoms with Crippen LogP contribution in [-0.4, -0.2) is 54.4 Å². The highest BCUT2D eigenvalue weighted by Gasteiger charge is 2.52. The zero-order valence-electron chi connectivity index (χ0n) is 15.7. The van der Waals surface area contributed by atoms with Gasteiger partial charge in [0.15, 0.2) is 24.7 Å². The van der Waals surface area contributed by atoms with E-state index in [-0.39, 0.29) is 25.0 Å². The summed E-state index contributed by atoms with van der Waals surface area (Å²) < 4.78 is 11.2. The van der Waals surface area contributed by atoms with Crippen LogP contribution < -0.4 is 25.4 Å². The third kappa shape index (κ3) is 3.29. The number of fused-ring (bicyclic) bond motifs is 4. The first kappa shape index (κ1) is 19.3. The van der Waals surface area contributed by atoms with Crippen LogP contribution in [0.2, 0.25) is 5.02 Å². The van der Waals surface area contributed by atoms with Crippen molar-refractivity contribution in [2.75, 3.05) is 25.2 Å². The van der Waals surface area contributed by atoms with Gasteiger partial charge in [0.2, 0.25) is 0 Å². The van der Waals surface area contributed by atoms with Crippen LogP contribution in [0.3, 0.4) is 0 Å². The Labute approximate surface area is 167 Å². The summed E-state index contributed by atoms with van der Waals surface area (Å²) in [4.78, 5) is 25.8. The number of amides is 2. The van der Waals surface area contributed by atoms with E-state index in [1.807, 2.05) is 0 Å². The van der Waals surface area contributed by atoms with Crippen molar-refractivity contribution in [2.24, 2.45) is 5.73 Å². The highest BCUT2D eigenvalue weighted by Crippen LogP contribution is 2.46. The molecule has 1 aliphatic heterocycles. The first-order valence-electron chi connectivity index (χ1n) is 9.35. The molecule has 0 spiro atoms. The molecule has 1 atom stereocenters. The van der Waals surface area contributed by atoms with E-state index < -0.39 is 17.2 Å². The lowest BCUT2D eigenvalue weighted by atomic mass is 9.60. The molecule has 4 N–H and O–H groups in total. The molecular formula is C19H24ClN3O5. The van der Waals surface area contributed by atoms with Gasteiger partial charge in [-0.05, 0) is 38.2 Å². The number of anilines is 1. The Morgan fingerprint density at radius 3 is 2.82 bits per heavy atom. The molecule has 1 aromatic carbocycles. The van der Waals surface area contributed by atoms with Crippen LogP contribution in [0.4, 0.5) is 5.69 Å². The zero-order chi connectivity index (χ0) is 20.1. The summed E-state index contributed by atoms with van der Waals surface area (Å²) in [6.07, 6.45) is 2.70. The molecule has 1 unspecified atom stereocenters. The van der Waals surface area contributed by atoms with Gasteiger partial charge in [-0.3, -0.25) is 9.59 Å². The zero-order valence-corrected chi connectivity index (χ0v) is 16.4. The van der Waals surface area contributed by atoms with E-state index in [2.05, 4.69) is 5.32 Å². The molecule has 0 radical (unpaired) electrons. The Balaban J connectivity index is 1.43. The van der Waals surface area contributed by atoms with E-state index >= 15 is 0 Å². The van der Waals surface area contributed by atoms with Crippen LogP contribution >= 0.6 is 11.6 Å². The summed E-state index contributed by atoms with van der Waals surface area (Å²) in [5.41, 5.74) is 5.77. The van der Waals surface area contributed by atoms with Gasteiger partial charge in [-0.1, -0.05) is 11.6 Å². The quantitative estimate of drug-likeness (QED) is 0.682. The number of carbonyl (C=O) groups excluding carboxylic acids is 2. The van der Waals surface area contributed by atoms with E-state index in [0.717, 1.165) is 12.8 Å². The summed E-state index contributed by atoms with van der Waals surface area (Å²) in [6, 6.07) is 3.17. The number of hydrogen-bond donors (Lipinski definition) is 3. The predicted molar refractivity (Wildman–Crippen MR) is 103 cm³/mol. The van der Waals surface area contributed by atoms with Gasteiger partial charge in [-0.2, -0.15) is 0 Å². The van der Waals surface area contributed by atoms with Crippen molar-refractivity contribution in [3.05, 3.63) is 17.2 Å². The van der Waals surface area contributed by atoms with Crippen LogP contribution in [-0.2, 0) is 9.59 Å². The second kappa shape index (κ2) is 6.79. The fourth-order valence-corrected chi connectivity index (χ4v) is 4.58. The first-order chi connectivity index (χ1) is 13.2. The number of nitrogens with zero attached hydrogens (tertiary/aromatic N) is 1. The van der Waals surface area contributed by atoms with Crippen molar-refractivity contribution < 1.29 is 24.2 Å². The van der Waals surface area contributed by atoms with Gasteiger partial charge in [0.25, 0.3) is 11.8 Å². The SMILES string of the molecule is CN1C(=O)COc2c(OCC(=O)NC34CCC(N)(CC3)C(O)C4)cc(Cl)cc21. The van der Waals surface area contributed by atoms with Crippen molar-refractivity contribution in [3.8, 4) is 11.5 Å². The summed E-state index contributed by atoms with van der Waals surface area (Å²) in [6.45, 7) is -0.324. The second-order valence-corrected chi connectivity index (χ2v) is 8.50. The second-order valence-electron chi connectivity index (χ2n) is 8.06. The summed E-state index contributed by atoms with van der Waals surface area (Å²) in [7, 11) is 1.63. The monoisotopic (exact) mass is 409 g/mol. The Hall–Kier alpha value is -2.03. The van der Waals surface area contributed by atoms with E-state index in [9.17, 15) is 14.7 Å². The topological polar surface area (TPSA) is 114 Å². The number of benzene rings is 1. The largest absolute Gasteiger partial charge is 0.480 e. The number of nitrogens with one attached hydrogen (secondary N) is 1. The summed E-state index contributed by atoms with van der Waals surface area (Å²) >= 11 is 6.13. The minimum atomic E-state index is -0.613. The third-order valence-corrected chi connectivity index (χ3v) is 6.44. The van der Waals surface area contributed by atoms with Crippen LogP contribution in [0.1, 0.15) is 32.1 Å². The van der Waals surface area contributed by atoms with Gasteiger partial charge in [0.1, 0.15) is 0 Å². The number of ether oxygens (including phenoxy) is 2. The maximum absolute atomic E-state index is 12.5. The van der Waals surface area contributed by atoms with Crippen molar-refractivity contribution in [2.45, 2.75) is 49.3 Å². The van der Waals surface area contributed by atoms with Crippen molar-refractivity contribution >= 4 is 29.1 Å². The summed E-state index contributed by atoms with van der Waals surface area (Å²) in [5, 5.41) is 13.7. The van der Waals surface area contributed by atoms with Gasteiger partial charge >= 0.3 is 0 Å². The number of nitrogens with two attached hydrogens (primary N) is 1. The van der Waals surface area contributed by atoms with Gasteiger partial charge < -0.3 is 30.5 Å². The van der Waals surface area contributed by atoms with Crippen molar-refractivity contribution in [3.63, 3.8) is 0 Å². The Morgan fingerprint density at radius 1 is 1.43 bits per heavy atom. The van der Waals surface area contributed by atoms with Crippen molar-refractivity contribution in [1.82, 2.24) is 5.32 Å². The molecule has 152 valence electrons. The Bertz CT molecular complexity index is 822. The van der Waals surface area contributed by atoms with E-state index in [0.29, 0.717) is 41.5 Å². The molecule has 9 heteroatoms. The van der Waals surface area contributed by atoms with Gasteiger partial charge in [-0.15, -0.1) is 0 Å². The Morgan fingerprint density at radius 2 is 2.14 bits per heavy atom. The van der Waals surface area contributed by atoms with E-state index in [1.54, 1.807) is 19.2 Å². The maximum Gasteiger partial charge on any atom is 0.264 e. The van der Waals surface area contributed by atoms with E-state index in [1.165, 1.54) is 4.90 Å². The molecule has 2 bridgehead atoms. The average Bonchev–Trinajstić information content (AvgIpc) is 2.65. The van der Waals surface area contributed by atoms with Crippen LogP contribution in [0.15, 0.2) is 12.1 Å². The fraction of sp³-hybridized carbons (Fsp3) is 0.579. The third-order valence-electron chi connectivity index (χ3n) is 6.22. The molecule has 0 saturated heterocycles. The number of aliphatic hydroxyl groups excluding tert-OH is 1. The van der Waals surface area contributed by atoms with Crippen LogP contribution in [0.25, 0.3) is 0 Å². The van der Waals surface area contributed by atoms with Gasteiger partial charge in [0.05, 0.1) is 11.8 Å². The maximum atomic E-state index is 12.5. The minimum Gasteiger partial charge on any atom is -0.480 e. The first-order valence-corrected chi connectivity index (χ1v) is 9.73. The molecular weight excluding hydrogens is 386 g/mol. The molecule has 1 aromatic rings. The Kier molecular flexibility index (Phi) is 4.68. The fourth-order valence-electron chi connectivity index (χ4n) is 4.38. The van der Waals surface area contributed by atoms with Crippen LogP contribution in [0.5, 0.6) is 11.5 Å². The number of halogens is 1.